The molecule has 98 valence electrons. The number of pyridine rings is 1. The number of anilines is 1. The largest absolute Gasteiger partial charge is 0.370 e. The van der Waals surface area contributed by atoms with Crippen LogP contribution in [0.3, 0.4) is 0 Å². The molecule has 0 aromatic carbocycles. The highest BCUT2D eigenvalue weighted by molar-refractivity contribution is 5.57. The van der Waals surface area contributed by atoms with Gasteiger partial charge in [-0.25, -0.2) is 19.3 Å². The number of aryl methyl sites for hydroxylation is 1. The third-order valence-corrected chi connectivity index (χ3v) is 3.23. The summed E-state index contributed by atoms with van der Waals surface area (Å²) in [6, 6.07) is 2.99. The summed E-state index contributed by atoms with van der Waals surface area (Å²) in [5, 5.41) is 3.28. The summed E-state index contributed by atoms with van der Waals surface area (Å²) < 4.78 is 12.9. The number of hydrogen-bond donors (Lipinski definition) is 1. The van der Waals surface area contributed by atoms with Crippen molar-refractivity contribution >= 4 is 5.82 Å². The minimum Gasteiger partial charge on any atom is -0.370 e. The Morgan fingerprint density at radius 2 is 2.16 bits per heavy atom. The van der Waals surface area contributed by atoms with E-state index < -0.39 is 0 Å². The number of nitrogens with one attached hydrogen (secondary N) is 1. The van der Waals surface area contributed by atoms with Crippen LogP contribution in [0, 0.1) is 5.82 Å². The van der Waals surface area contributed by atoms with Crippen LogP contribution in [0.5, 0.6) is 0 Å². The van der Waals surface area contributed by atoms with Crippen molar-refractivity contribution in [2.24, 2.45) is 0 Å². The van der Waals surface area contributed by atoms with Crippen molar-refractivity contribution in [1.82, 2.24) is 15.0 Å². The Morgan fingerprint density at radius 3 is 2.89 bits per heavy atom. The Balaban J connectivity index is 2.07. The summed E-state index contributed by atoms with van der Waals surface area (Å²) in [6.45, 7) is 2.86. The first-order valence-corrected chi connectivity index (χ1v) is 6.53. The summed E-state index contributed by atoms with van der Waals surface area (Å²) in [7, 11) is 0. The van der Waals surface area contributed by atoms with Crippen LogP contribution in [-0.2, 0) is 12.8 Å². The molecule has 1 aliphatic carbocycles. The van der Waals surface area contributed by atoms with Crippen LogP contribution in [0.25, 0.3) is 11.5 Å². The Morgan fingerprint density at radius 1 is 1.26 bits per heavy atom. The van der Waals surface area contributed by atoms with Crippen LogP contribution < -0.4 is 5.32 Å². The van der Waals surface area contributed by atoms with Gasteiger partial charge in [-0.05, 0) is 38.3 Å². The van der Waals surface area contributed by atoms with Gasteiger partial charge >= 0.3 is 0 Å². The second-order valence-electron chi connectivity index (χ2n) is 4.57. The van der Waals surface area contributed by atoms with Crippen LogP contribution >= 0.6 is 0 Å². The second-order valence-corrected chi connectivity index (χ2v) is 4.57. The van der Waals surface area contributed by atoms with Gasteiger partial charge in [-0.1, -0.05) is 0 Å². The van der Waals surface area contributed by atoms with Gasteiger partial charge in [0.15, 0.2) is 5.82 Å². The molecule has 2 aromatic heterocycles. The third-order valence-electron chi connectivity index (χ3n) is 3.23. The van der Waals surface area contributed by atoms with E-state index in [9.17, 15) is 4.39 Å². The van der Waals surface area contributed by atoms with E-state index in [-0.39, 0.29) is 5.82 Å². The first kappa shape index (κ1) is 12.0. The summed E-state index contributed by atoms with van der Waals surface area (Å²) >= 11 is 0. The van der Waals surface area contributed by atoms with Crippen molar-refractivity contribution in [3.05, 3.63) is 35.4 Å². The minimum atomic E-state index is -0.350. The lowest BCUT2D eigenvalue weighted by Gasteiger charge is -2.10. The number of halogens is 1. The average Bonchev–Trinajstić information content (AvgIpc) is 2.88. The molecule has 0 saturated carbocycles. The van der Waals surface area contributed by atoms with Gasteiger partial charge in [0.05, 0.1) is 6.20 Å². The predicted molar refractivity (Wildman–Crippen MR) is 71.4 cm³/mol. The van der Waals surface area contributed by atoms with Crippen molar-refractivity contribution in [2.45, 2.75) is 26.2 Å². The topological polar surface area (TPSA) is 50.7 Å². The fraction of sp³-hybridized carbons (Fsp3) is 0.357. The van der Waals surface area contributed by atoms with E-state index in [1.54, 1.807) is 6.07 Å². The van der Waals surface area contributed by atoms with Gasteiger partial charge in [-0.2, -0.15) is 0 Å². The second kappa shape index (κ2) is 4.91. The molecular weight excluding hydrogens is 243 g/mol. The molecule has 0 spiro atoms. The Hall–Kier alpha value is -2.04. The number of rotatable bonds is 3. The zero-order valence-electron chi connectivity index (χ0n) is 10.8. The summed E-state index contributed by atoms with van der Waals surface area (Å²) in [4.78, 5) is 13.1. The van der Waals surface area contributed by atoms with E-state index in [1.807, 2.05) is 6.92 Å². The van der Waals surface area contributed by atoms with Crippen molar-refractivity contribution < 1.29 is 4.39 Å². The lowest BCUT2D eigenvalue weighted by molar-refractivity contribution is 0.621. The van der Waals surface area contributed by atoms with Gasteiger partial charge in [-0.3, -0.25) is 0 Å². The molecule has 0 unspecified atom stereocenters. The number of fused-ring (bicyclic) bond motifs is 1. The fourth-order valence-electron chi connectivity index (χ4n) is 2.37. The van der Waals surface area contributed by atoms with E-state index in [4.69, 9.17) is 0 Å². The van der Waals surface area contributed by atoms with Crippen LogP contribution in [0.1, 0.15) is 24.6 Å². The maximum absolute atomic E-state index is 12.9. The molecule has 0 amide bonds. The summed E-state index contributed by atoms with van der Waals surface area (Å²) in [5.41, 5.74) is 2.91. The maximum Gasteiger partial charge on any atom is 0.180 e. The molecule has 1 N–H and O–H groups in total. The summed E-state index contributed by atoms with van der Waals surface area (Å²) in [6.07, 6.45) is 4.31. The fourth-order valence-corrected chi connectivity index (χ4v) is 2.37. The molecule has 1 aliphatic rings. The Bertz CT molecular complexity index is 595. The summed E-state index contributed by atoms with van der Waals surface area (Å²) in [5.74, 6) is 1.11. The normalized spacial score (nSPS) is 13.4. The molecule has 0 bridgehead atoms. The van der Waals surface area contributed by atoms with Crippen LogP contribution in [0.4, 0.5) is 10.2 Å². The Labute approximate surface area is 111 Å². The molecule has 0 radical (unpaired) electrons. The first-order chi connectivity index (χ1) is 9.28. The van der Waals surface area contributed by atoms with E-state index in [1.165, 1.54) is 17.8 Å². The lowest BCUT2D eigenvalue weighted by atomic mass is 10.2. The van der Waals surface area contributed by atoms with Crippen molar-refractivity contribution in [3.63, 3.8) is 0 Å². The molecule has 2 aromatic rings. The molecule has 5 heteroatoms. The van der Waals surface area contributed by atoms with Gasteiger partial charge in [0.2, 0.25) is 0 Å². The molecule has 3 rings (SSSR count). The van der Waals surface area contributed by atoms with Crippen molar-refractivity contribution in [1.29, 1.82) is 0 Å². The van der Waals surface area contributed by atoms with E-state index in [0.717, 1.165) is 37.3 Å². The van der Waals surface area contributed by atoms with Gasteiger partial charge in [0, 0.05) is 17.8 Å². The molecule has 2 heterocycles. The van der Waals surface area contributed by atoms with Crippen LogP contribution in [-0.4, -0.2) is 21.5 Å². The van der Waals surface area contributed by atoms with Gasteiger partial charge in [-0.15, -0.1) is 0 Å². The highest BCUT2D eigenvalue weighted by Gasteiger charge is 2.19. The number of nitrogens with zero attached hydrogens (tertiary/aromatic N) is 3. The van der Waals surface area contributed by atoms with E-state index in [0.29, 0.717) is 11.5 Å². The maximum atomic E-state index is 12.9. The predicted octanol–water partition coefficient (Wildman–Crippen LogP) is 2.60. The molecule has 0 fully saturated rings. The molecule has 0 saturated heterocycles. The highest BCUT2D eigenvalue weighted by atomic mass is 19.1. The van der Waals surface area contributed by atoms with Crippen molar-refractivity contribution in [3.8, 4) is 11.5 Å². The van der Waals surface area contributed by atoms with Crippen LogP contribution in [0.2, 0.25) is 0 Å². The SMILES string of the molecule is CCNc1nc(-c2ccc(F)cn2)nc2c1CCC2. The van der Waals surface area contributed by atoms with Gasteiger partial charge in [0.1, 0.15) is 17.3 Å². The lowest BCUT2D eigenvalue weighted by Crippen LogP contribution is -2.07. The van der Waals surface area contributed by atoms with E-state index >= 15 is 0 Å². The van der Waals surface area contributed by atoms with Crippen LogP contribution in [0.15, 0.2) is 18.3 Å². The third kappa shape index (κ3) is 2.28. The standard InChI is InChI=1S/C14H15FN4/c1-2-16-13-10-4-3-5-11(10)18-14(19-13)12-7-6-9(15)8-17-12/h6-8H,2-5H2,1H3,(H,16,18,19). The minimum absolute atomic E-state index is 0.350. The molecular formula is C14H15FN4. The number of hydrogen-bond acceptors (Lipinski definition) is 4. The zero-order valence-corrected chi connectivity index (χ0v) is 10.8. The molecule has 0 atom stereocenters. The quantitative estimate of drug-likeness (QED) is 0.919. The number of aromatic nitrogens is 3. The molecule has 4 nitrogen and oxygen atoms in total. The Kier molecular flexibility index (Phi) is 3.11. The first-order valence-electron chi connectivity index (χ1n) is 6.53. The van der Waals surface area contributed by atoms with Crippen molar-refractivity contribution in [2.75, 3.05) is 11.9 Å². The highest BCUT2D eigenvalue weighted by Crippen LogP contribution is 2.28. The average molecular weight is 258 g/mol. The monoisotopic (exact) mass is 258 g/mol. The smallest absolute Gasteiger partial charge is 0.180 e. The molecule has 19 heavy (non-hydrogen) atoms. The van der Waals surface area contributed by atoms with Gasteiger partial charge < -0.3 is 5.32 Å². The van der Waals surface area contributed by atoms with E-state index in [2.05, 4.69) is 20.3 Å². The molecule has 0 aliphatic heterocycles. The van der Waals surface area contributed by atoms with Gasteiger partial charge in [0.25, 0.3) is 0 Å². The zero-order chi connectivity index (χ0) is 13.2.